The molecule has 33 heavy (non-hydrogen) atoms. The molecule has 0 spiro atoms. The van der Waals surface area contributed by atoms with Gasteiger partial charge in [-0.25, -0.2) is 14.4 Å². The van der Waals surface area contributed by atoms with Crippen molar-refractivity contribution in [3.63, 3.8) is 0 Å². The number of aromatic nitrogens is 2. The first kappa shape index (κ1) is 20.8. The smallest absolute Gasteiger partial charge is 0.256 e. The maximum Gasteiger partial charge on any atom is 0.256 e. The first-order valence-electron chi connectivity index (χ1n) is 10.1. The summed E-state index contributed by atoms with van der Waals surface area (Å²) >= 11 is 1.35. The first-order chi connectivity index (χ1) is 16.1. The summed E-state index contributed by atoms with van der Waals surface area (Å²) in [6.07, 6.45) is 3.36. The highest BCUT2D eigenvalue weighted by Gasteiger charge is 2.21. The van der Waals surface area contributed by atoms with Crippen molar-refractivity contribution in [3.05, 3.63) is 102 Å². The number of amides is 2. The fourth-order valence-corrected chi connectivity index (χ4v) is 4.39. The van der Waals surface area contributed by atoms with Crippen LogP contribution in [0.15, 0.2) is 88.9 Å². The van der Waals surface area contributed by atoms with Gasteiger partial charge in [0.25, 0.3) is 11.8 Å². The third kappa shape index (κ3) is 4.47. The number of benzene rings is 3. The number of halogens is 1. The zero-order valence-corrected chi connectivity index (χ0v) is 18.0. The van der Waals surface area contributed by atoms with Crippen LogP contribution in [0.3, 0.4) is 0 Å². The fraction of sp³-hybridized carbons (Fsp3) is 0.0400. The van der Waals surface area contributed by atoms with Gasteiger partial charge in [0.2, 0.25) is 0 Å². The summed E-state index contributed by atoms with van der Waals surface area (Å²) in [7, 11) is 0. The molecule has 1 aliphatic rings. The highest BCUT2D eigenvalue weighted by molar-refractivity contribution is 7.99. The Morgan fingerprint density at radius 3 is 2.52 bits per heavy atom. The van der Waals surface area contributed by atoms with Crippen molar-refractivity contribution in [1.82, 2.24) is 15.3 Å². The van der Waals surface area contributed by atoms with E-state index in [1.54, 1.807) is 36.7 Å². The molecule has 0 radical (unpaired) electrons. The maximum atomic E-state index is 13.6. The number of carbonyl (C=O) groups excluding carboxylic acids is 2. The monoisotopic (exact) mass is 456 g/mol. The van der Waals surface area contributed by atoms with Gasteiger partial charge in [0, 0.05) is 45.4 Å². The van der Waals surface area contributed by atoms with Crippen LogP contribution in [-0.4, -0.2) is 21.8 Å². The minimum Gasteiger partial charge on any atom is -0.348 e. The highest BCUT2D eigenvalue weighted by Crippen LogP contribution is 2.39. The summed E-state index contributed by atoms with van der Waals surface area (Å²) in [4.78, 5) is 35.4. The van der Waals surface area contributed by atoms with Crippen LogP contribution in [0.25, 0.3) is 11.4 Å². The van der Waals surface area contributed by atoms with E-state index in [1.807, 2.05) is 30.3 Å². The number of hydrogen-bond donors (Lipinski definition) is 2. The van der Waals surface area contributed by atoms with Crippen molar-refractivity contribution in [3.8, 4) is 11.4 Å². The molecular weight excluding hydrogens is 439 g/mol. The van der Waals surface area contributed by atoms with Crippen LogP contribution in [0, 0.1) is 5.82 Å². The summed E-state index contributed by atoms with van der Waals surface area (Å²) < 4.78 is 13.6. The van der Waals surface area contributed by atoms with E-state index in [0.717, 1.165) is 16.0 Å². The predicted molar refractivity (Wildman–Crippen MR) is 124 cm³/mol. The molecule has 2 amide bonds. The Kier molecular flexibility index (Phi) is 5.58. The lowest BCUT2D eigenvalue weighted by Crippen LogP contribution is -2.23. The van der Waals surface area contributed by atoms with Crippen molar-refractivity contribution in [2.45, 2.75) is 16.3 Å². The Hall–Kier alpha value is -4.04. The zero-order valence-electron chi connectivity index (χ0n) is 17.2. The molecular formula is C25H17FN4O2S. The summed E-state index contributed by atoms with van der Waals surface area (Å²) in [5.74, 6) is -0.567. The molecule has 5 rings (SSSR count). The van der Waals surface area contributed by atoms with Crippen LogP contribution in [0.4, 0.5) is 10.1 Å². The Morgan fingerprint density at radius 1 is 0.970 bits per heavy atom. The van der Waals surface area contributed by atoms with Crippen LogP contribution in [0.5, 0.6) is 0 Å². The predicted octanol–water partition coefficient (Wildman–Crippen LogP) is 4.93. The van der Waals surface area contributed by atoms with E-state index in [-0.39, 0.29) is 18.0 Å². The van der Waals surface area contributed by atoms with Gasteiger partial charge >= 0.3 is 0 Å². The third-order valence-electron chi connectivity index (χ3n) is 5.09. The number of fused-ring (bicyclic) bond motifs is 2. The number of nitrogens with zero attached hydrogens (tertiary/aromatic N) is 2. The molecule has 1 aromatic heterocycles. The quantitative estimate of drug-likeness (QED) is 0.455. The van der Waals surface area contributed by atoms with Crippen molar-refractivity contribution in [2.75, 3.05) is 5.32 Å². The first-order valence-corrected chi connectivity index (χ1v) is 11.0. The van der Waals surface area contributed by atoms with Crippen LogP contribution in [-0.2, 0) is 6.54 Å². The lowest BCUT2D eigenvalue weighted by Gasteiger charge is -2.10. The van der Waals surface area contributed by atoms with Gasteiger partial charge in [0.1, 0.15) is 5.82 Å². The largest absolute Gasteiger partial charge is 0.348 e. The molecule has 162 valence electrons. The molecule has 6 nitrogen and oxygen atoms in total. The van der Waals surface area contributed by atoms with Crippen LogP contribution in [0.1, 0.15) is 26.3 Å². The van der Waals surface area contributed by atoms with Crippen molar-refractivity contribution in [1.29, 1.82) is 0 Å². The normalized spacial score (nSPS) is 12.2. The van der Waals surface area contributed by atoms with Crippen LogP contribution < -0.4 is 10.6 Å². The maximum absolute atomic E-state index is 13.6. The molecule has 0 saturated heterocycles. The number of anilines is 1. The summed E-state index contributed by atoms with van der Waals surface area (Å²) in [6.45, 7) is 0.261. The molecule has 4 aromatic rings. The fourth-order valence-electron chi connectivity index (χ4n) is 3.40. The third-order valence-corrected chi connectivity index (χ3v) is 6.24. The van der Waals surface area contributed by atoms with Crippen LogP contribution >= 0.6 is 11.8 Å². The summed E-state index contributed by atoms with van der Waals surface area (Å²) in [6, 6.07) is 18.8. The van der Waals surface area contributed by atoms with E-state index in [2.05, 4.69) is 20.6 Å². The second-order valence-electron chi connectivity index (χ2n) is 7.37. The number of nitrogens with one attached hydrogen (secondary N) is 2. The second-order valence-corrected chi connectivity index (χ2v) is 8.46. The van der Waals surface area contributed by atoms with E-state index >= 15 is 0 Å². The molecule has 8 heteroatoms. The second kappa shape index (κ2) is 8.84. The van der Waals surface area contributed by atoms with E-state index in [9.17, 15) is 14.0 Å². The molecule has 0 bridgehead atoms. The lowest BCUT2D eigenvalue weighted by molar-refractivity contribution is 0.0949. The Labute approximate surface area is 193 Å². The molecule has 2 N–H and O–H groups in total. The van der Waals surface area contributed by atoms with Crippen molar-refractivity contribution < 1.29 is 14.0 Å². The standard InChI is InChI=1S/C25H17FN4O2S/c26-18-7-9-21-19(11-18)25(32)30-20-10-17(6-8-22(20)33-21)24(31)29-14-15-12-27-23(28-13-15)16-4-2-1-3-5-16/h1-13H,14H2,(H,29,31)(H,30,32). The van der Waals surface area contributed by atoms with E-state index in [1.165, 1.54) is 23.9 Å². The van der Waals surface area contributed by atoms with Gasteiger partial charge in [-0.15, -0.1) is 0 Å². The molecule has 0 unspecified atom stereocenters. The minimum absolute atomic E-state index is 0.261. The Bertz CT molecular complexity index is 1360. The Balaban J connectivity index is 1.28. The van der Waals surface area contributed by atoms with Gasteiger partial charge in [-0.05, 0) is 36.4 Å². The van der Waals surface area contributed by atoms with E-state index < -0.39 is 11.7 Å². The van der Waals surface area contributed by atoms with Crippen molar-refractivity contribution in [2.24, 2.45) is 0 Å². The molecule has 0 saturated carbocycles. The molecule has 1 aliphatic heterocycles. The van der Waals surface area contributed by atoms with Gasteiger partial charge in [-0.2, -0.15) is 0 Å². The summed E-state index contributed by atoms with van der Waals surface area (Å²) in [5, 5.41) is 5.61. The zero-order chi connectivity index (χ0) is 22.8. The lowest BCUT2D eigenvalue weighted by atomic mass is 10.1. The van der Waals surface area contributed by atoms with E-state index in [4.69, 9.17) is 0 Å². The average Bonchev–Trinajstić information content (AvgIpc) is 2.98. The van der Waals surface area contributed by atoms with Gasteiger partial charge < -0.3 is 10.6 Å². The van der Waals surface area contributed by atoms with E-state index in [0.29, 0.717) is 22.0 Å². The molecule has 2 heterocycles. The van der Waals surface area contributed by atoms with Crippen molar-refractivity contribution >= 4 is 29.3 Å². The highest BCUT2D eigenvalue weighted by atomic mass is 32.2. The SMILES string of the molecule is O=C(NCc1cnc(-c2ccccc2)nc1)c1ccc2c(c1)NC(=O)c1cc(F)ccc1S2. The Morgan fingerprint density at radius 2 is 1.73 bits per heavy atom. The topological polar surface area (TPSA) is 84.0 Å². The van der Waals surface area contributed by atoms with Gasteiger partial charge in [-0.3, -0.25) is 9.59 Å². The number of carbonyl (C=O) groups is 2. The molecule has 0 aliphatic carbocycles. The van der Waals surface area contributed by atoms with Gasteiger partial charge in [0.05, 0.1) is 11.3 Å². The van der Waals surface area contributed by atoms with Gasteiger partial charge in [-0.1, -0.05) is 42.1 Å². The van der Waals surface area contributed by atoms with Crippen LogP contribution in [0.2, 0.25) is 0 Å². The number of hydrogen-bond acceptors (Lipinski definition) is 5. The molecule has 3 aromatic carbocycles. The molecule has 0 fully saturated rings. The summed E-state index contributed by atoms with van der Waals surface area (Å²) in [5.41, 5.74) is 2.85. The average molecular weight is 457 g/mol. The minimum atomic E-state index is -0.476. The molecule has 0 atom stereocenters. The van der Waals surface area contributed by atoms with Gasteiger partial charge in [0.15, 0.2) is 5.82 Å². The number of rotatable bonds is 4.